The lowest BCUT2D eigenvalue weighted by atomic mass is 9.87. The number of hydrogen-bond acceptors (Lipinski definition) is 6. The van der Waals surface area contributed by atoms with Crippen LogP contribution in [-0.2, 0) is 11.2 Å². The SMILES string of the molecule is CN1CCN(c2ncc(C(=O)NC(Cc3c[nH]c4ccccc34)C3CCOCC3)s2)CC1. The zero-order chi connectivity index (χ0) is 21.9. The molecule has 7 nitrogen and oxygen atoms in total. The number of anilines is 1. The fourth-order valence-corrected chi connectivity index (χ4v) is 5.62. The summed E-state index contributed by atoms with van der Waals surface area (Å²) in [6.45, 7) is 5.49. The number of fused-ring (bicyclic) bond motifs is 1. The number of nitrogens with one attached hydrogen (secondary N) is 2. The summed E-state index contributed by atoms with van der Waals surface area (Å²) in [5, 5.41) is 5.54. The van der Waals surface area contributed by atoms with Gasteiger partial charge in [0.05, 0.1) is 6.20 Å². The van der Waals surface area contributed by atoms with E-state index in [4.69, 9.17) is 4.74 Å². The minimum atomic E-state index is -0.0146. The van der Waals surface area contributed by atoms with Crippen molar-refractivity contribution in [1.29, 1.82) is 0 Å². The first-order valence-electron chi connectivity index (χ1n) is 11.5. The average molecular weight is 454 g/mol. The van der Waals surface area contributed by atoms with Gasteiger partial charge in [-0.15, -0.1) is 0 Å². The molecule has 8 heteroatoms. The van der Waals surface area contributed by atoms with Crippen LogP contribution in [0.15, 0.2) is 36.7 Å². The Kier molecular flexibility index (Phi) is 6.43. The summed E-state index contributed by atoms with van der Waals surface area (Å²) in [5.41, 5.74) is 2.39. The van der Waals surface area contributed by atoms with E-state index in [2.05, 4.69) is 56.5 Å². The van der Waals surface area contributed by atoms with Gasteiger partial charge in [-0.2, -0.15) is 0 Å². The van der Waals surface area contributed by atoms with E-state index in [1.54, 1.807) is 6.20 Å². The fourth-order valence-electron chi connectivity index (χ4n) is 4.74. The molecule has 170 valence electrons. The van der Waals surface area contributed by atoms with Gasteiger partial charge in [0.1, 0.15) is 4.88 Å². The number of aromatic nitrogens is 2. The standard InChI is InChI=1S/C24H31N5O2S/c1-28-8-10-29(11-9-28)24-26-16-22(32-24)23(30)27-21(17-6-12-31-13-7-17)14-18-15-25-20-5-3-2-4-19(18)20/h2-5,15-17,21,25H,6-14H2,1H3,(H,27,30). The second-order valence-corrected chi connectivity index (χ2v) is 9.90. The van der Waals surface area contributed by atoms with Crippen molar-refractivity contribution >= 4 is 33.3 Å². The molecule has 2 aliphatic rings. The van der Waals surface area contributed by atoms with Gasteiger partial charge in [0.25, 0.3) is 5.91 Å². The van der Waals surface area contributed by atoms with Crippen LogP contribution in [0.25, 0.3) is 10.9 Å². The number of amides is 1. The second kappa shape index (κ2) is 9.60. The first kappa shape index (κ1) is 21.4. The van der Waals surface area contributed by atoms with Gasteiger partial charge >= 0.3 is 0 Å². The summed E-state index contributed by atoms with van der Waals surface area (Å²) >= 11 is 1.50. The fraction of sp³-hybridized carbons (Fsp3) is 0.500. The lowest BCUT2D eigenvalue weighted by Gasteiger charge is -2.32. The van der Waals surface area contributed by atoms with E-state index in [0.717, 1.165) is 69.3 Å². The Morgan fingerprint density at radius 3 is 2.84 bits per heavy atom. The lowest BCUT2D eigenvalue weighted by Crippen LogP contribution is -2.44. The number of para-hydroxylation sites is 1. The van der Waals surface area contributed by atoms with Gasteiger partial charge < -0.3 is 24.8 Å². The molecular weight excluding hydrogens is 422 g/mol. The number of nitrogens with zero attached hydrogens (tertiary/aromatic N) is 3. The predicted molar refractivity (Wildman–Crippen MR) is 129 cm³/mol. The zero-order valence-corrected chi connectivity index (χ0v) is 19.4. The largest absolute Gasteiger partial charge is 0.381 e. The Hall–Kier alpha value is -2.42. The number of piperazine rings is 1. The highest BCUT2D eigenvalue weighted by molar-refractivity contribution is 7.17. The number of H-pyrrole nitrogens is 1. The Balaban J connectivity index is 1.31. The van der Waals surface area contributed by atoms with E-state index in [1.165, 1.54) is 22.3 Å². The van der Waals surface area contributed by atoms with Crippen LogP contribution in [0.4, 0.5) is 5.13 Å². The quantitative estimate of drug-likeness (QED) is 0.600. The van der Waals surface area contributed by atoms with Crippen LogP contribution in [0, 0.1) is 5.92 Å². The third-order valence-corrected chi connectivity index (χ3v) is 7.81. The zero-order valence-electron chi connectivity index (χ0n) is 18.5. The van der Waals surface area contributed by atoms with Gasteiger partial charge in [-0.1, -0.05) is 29.5 Å². The maximum atomic E-state index is 13.2. The van der Waals surface area contributed by atoms with Crippen molar-refractivity contribution in [2.45, 2.75) is 25.3 Å². The molecule has 2 fully saturated rings. The molecule has 0 radical (unpaired) electrons. The maximum absolute atomic E-state index is 13.2. The smallest absolute Gasteiger partial charge is 0.263 e. The monoisotopic (exact) mass is 453 g/mol. The van der Waals surface area contributed by atoms with Gasteiger partial charge in [-0.3, -0.25) is 4.79 Å². The average Bonchev–Trinajstić information content (AvgIpc) is 3.48. The van der Waals surface area contributed by atoms with Crippen LogP contribution < -0.4 is 10.2 Å². The highest BCUT2D eigenvalue weighted by Gasteiger charge is 2.28. The number of rotatable bonds is 6. The number of benzene rings is 1. The molecule has 2 N–H and O–H groups in total. The summed E-state index contributed by atoms with van der Waals surface area (Å²) < 4.78 is 5.59. The number of carbonyl (C=O) groups is 1. The number of ether oxygens (including phenoxy) is 1. The highest BCUT2D eigenvalue weighted by Crippen LogP contribution is 2.27. The van der Waals surface area contributed by atoms with Crippen molar-refractivity contribution in [3.8, 4) is 0 Å². The van der Waals surface area contributed by atoms with Crippen LogP contribution >= 0.6 is 11.3 Å². The summed E-state index contributed by atoms with van der Waals surface area (Å²) in [6.07, 6.45) is 6.58. The van der Waals surface area contributed by atoms with Crippen LogP contribution in [0.3, 0.4) is 0 Å². The topological polar surface area (TPSA) is 73.5 Å². The summed E-state index contributed by atoms with van der Waals surface area (Å²) in [7, 11) is 2.14. The third kappa shape index (κ3) is 4.67. The van der Waals surface area contributed by atoms with Crippen LogP contribution in [0.1, 0.15) is 28.1 Å². The van der Waals surface area contributed by atoms with Crippen molar-refractivity contribution in [2.24, 2.45) is 5.92 Å². The molecule has 2 aromatic heterocycles. The molecule has 32 heavy (non-hydrogen) atoms. The minimum absolute atomic E-state index is 0.0146. The van der Waals surface area contributed by atoms with Crippen LogP contribution in [0.5, 0.6) is 0 Å². The van der Waals surface area contributed by atoms with Crippen molar-refractivity contribution in [3.05, 3.63) is 47.1 Å². The first-order valence-corrected chi connectivity index (χ1v) is 12.3. The molecular formula is C24H31N5O2S. The van der Waals surface area contributed by atoms with Crippen molar-refractivity contribution in [3.63, 3.8) is 0 Å². The Morgan fingerprint density at radius 2 is 2.03 bits per heavy atom. The van der Waals surface area contributed by atoms with E-state index < -0.39 is 0 Å². The van der Waals surface area contributed by atoms with Crippen molar-refractivity contribution in [2.75, 3.05) is 51.3 Å². The van der Waals surface area contributed by atoms with Gasteiger partial charge in [0.15, 0.2) is 5.13 Å². The lowest BCUT2D eigenvalue weighted by molar-refractivity contribution is 0.0517. The number of aromatic amines is 1. The van der Waals surface area contributed by atoms with Gasteiger partial charge in [0, 0.05) is 62.5 Å². The number of hydrogen-bond donors (Lipinski definition) is 2. The molecule has 0 bridgehead atoms. The van der Waals surface area contributed by atoms with E-state index in [1.807, 2.05) is 6.07 Å². The number of likely N-dealkylation sites (N-methyl/N-ethyl adjacent to an activating group) is 1. The Morgan fingerprint density at radius 1 is 1.25 bits per heavy atom. The predicted octanol–water partition coefficient (Wildman–Crippen LogP) is 3.14. The molecule has 5 rings (SSSR count). The molecule has 1 amide bonds. The van der Waals surface area contributed by atoms with Gasteiger partial charge in [0.2, 0.25) is 0 Å². The molecule has 3 aromatic rings. The molecule has 1 aromatic carbocycles. The number of carbonyl (C=O) groups excluding carboxylic acids is 1. The maximum Gasteiger partial charge on any atom is 0.263 e. The Bertz CT molecular complexity index is 1050. The van der Waals surface area contributed by atoms with E-state index in [9.17, 15) is 4.79 Å². The van der Waals surface area contributed by atoms with E-state index in [-0.39, 0.29) is 11.9 Å². The molecule has 2 aliphatic heterocycles. The van der Waals surface area contributed by atoms with Crippen molar-refractivity contribution < 1.29 is 9.53 Å². The summed E-state index contributed by atoms with van der Waals surface area (Å²) in [4.78, 5) is 26.5. The van der Waals surface area contributed by atoms with Crippen molar-refractivity contribution in [1.82, 2.24) is 20.2 Å². The summed E-state index contributed by atoms with van der Waals surface area (Å²) in [6, 6.07) is 8.43. The summed E-state index contributed by atoms with van der Waals surface area (Å²) in [5.74, 6) is 0.394. The highest BCUT2D eigenvalue weighted by atomic mass is 32.1. The molecule has 0 saturated carbocycles. The number of thiazole rings is 1. The second-order valence-electron chi connectivity index (χ2n) is 8.89. The molecule has 4 heterocycles. The van der Waals surface area contributed by atoms with Gasteiger partial charge in [-0.25, -0.2) is 4.98 Å². The van der Waals surface area contributed by atoms with Gasteiger partial charge in [-0.05, 0) is 43.9 Å². The van der Waals surface area contributed by atoms with E-state index in [0.29, 0.717) is 10.8 Å². The Labute approximate surface area is 192 Å². The molecule has 1 atom stereocenters. The first-order chi connectivity index (χ1) is 15.7. The minimum Gasteiger partial charge on any atom is -0.381 e. The molecule has 0 spiro atoms. The van der Waals surface area contributed by atoms with Crippen LogP contribution in [0.2, 0.25) is 0 Å². The third-order valence-electron chi connectivity index (χ3n) is 6.76. The molecule has 0 aliphatic carbocycles. The van der Waals surface area contributed by atoms with Crippen LogP contribution in [-0.4, -0.2) is 73.3 Å². The molecule has 2 saturated heterocycles. The molecule has 1 unspecified atom stereocenters. The normalized spacial score (nSPS) is 19.3. The van der Waals surface area contributed by atoms with E-state index >= 15 is 0 Å².